The van der Waals surface area contributed by atoms with E-state index >= 15 is 0 Å². The molecule has 6 nitrogen and oxygen atoms in total. The number of amides is 1. The molecule has 6 heteroatoms. The van der Waals surface area contributed by atoms with Gasteiger partial charge in [0.25, 0.3) is 0 Å². The van der Waals surface area contributed by atoms with Gasteiger partial charge in [-0.3, -0.25) is 4.79 Å². The average molecular weight is 370 g/mol. The lowest BCUT2D eigenvalue weighted by Crippen LogP contribution is -2.44. The number of benzene rings is 1. The van der Waals surface area contributed by atoms with Crippen LogP contribution in [-0.2, 0) is 22.5 Å². The fraction of sp³-hybridized carbons (Fsp3) is 0.524. The second-order valence-electron chi connectivity index (χ2n) is 7.76. The standard InChI is InChI=1S/C21H30N4O2/c1-16(2)14-27-19-8-9-25(13-19)21(26)20(22)10-18-12-24(15-23-18)11-17-6-4-3-5-7-17/h3-7,12,15-16,19-20H,8-11,13-14,22H2,1-2H3/t19?,20-/m0/s1. The van der Waals surface area contributed by atoms with Gasteiger partial charge in [-0.15, -0.1) is 0 Å². The third kappa shape index (κ3) is 5.65. The number of rotatable bonds is 8. The maximum absolute atomic E-state index is 12.6. The third-order valence-corrected chi connectivity index (χ3v) is 4.76. The van der Waals surface area contributed by atoms with Crippen LogP contribution >= 0.6 is 0 Å². The van der Waals surface area contributed by atoms with Gasteiger partial charge in [-0.05, 0) is 17.9 Å². The van der Waals surface area contributed by atoms with Gasteiger partial charge >= 0.3 is 0 Å². The number of hydrogen-bond acceptors (Lipinski definition) is 4. The number of carbonyl (C=O) groups excluding carboxylic acids is 1. The Morgan fingerprint density at radius 2 is 2.11 bits per heavy atom. The molecule has 0 radical (unpaired) electrons. The smallest absolute Gasteiger partial charge is 0.239 e. The molecule has 1 fully saturated rings. The van der Waals surface area contributed by atoms with Crippen LogP contribution in [0.4, 0.5) is 0 Å². The molecule has 2 N–H and O–H groups in total. The predicted molar refractivity (Wildman–Crippen MR) is 105 cm³/mol. The fourth-order valence-electron chi connectivity index (χ4n) is 3.33. The number of aromatic nitrogens is 2. The van der Waals surface area contributed by atoms with Gasteiger partial charge in [-0.2, -0.15) is 0 Å². The zero-order valence-corrected chi connectivity index (χ0v) is 16.3. The van der Waals surface area contributed by atoms with E-state index in [9.17, 15) is 4.79 Å². The first-order valence-electron chi connectivity index (χ1n) is 9.72. The molecule has 2 atom stereocenters. The number of nitrogens with two attached hydrogens (primary N) is 1. The van der Waals surface area contributed by atoms with Crippen LogP contribution in [0.1, 0.15) is 31.5 Å². The highest BCUT2D eigenvalue weighted by Gasteiger charge is 2.30. The zero-order chi connectivity index (χ0) is 19.2. The predicted octanol–water partition coefficient (Wildman–Crippen LogP) is 2.07. The minimum Gasteiger partial charge on any atom is -0.376 e. The molecule has 0 spiro atoms. The second kappa shape index (κ2) is 9.15. The molecule has 0 aliphatic carbocycles. The SMILES string of the molecule is CC(C)COC1CCN(C(=O)[C@@H](N)Cc2cn(Cc3ccccc3)cn2)C1. The van der Waals surface area contributed by atoms with Crippen LogP contribution in [0.2, 0.25) is 0 Å². The monoisotopic (exact) mass is 370 g/mol. The second-order valence-corrected chi connectivity index (χ2v) is 7.76. The summed E-state index contributed by atoms with van der Waals surface area (Å²) in [5, 5.41) is 0. The number of carbonyl (C=O) groups is 1. The van der Waals surface area contributed by atoms with E-state index in [2.05, 4.69) is 31.0 Å². The summed E-state index contributed by atoms with van der Waals surface area (Å²) in [4.78, 5) is 18.9. The van der Waals surface area contributed by atoms with Crippen LogP contribution in [0.15, 0.2) is 42.9 Å². The highest BCUT2D eigenvalue weighted by Crippen LogP contribution is 2.15. The van der Waals surface area contributed by atoms with Crippen molar-refractivity contribution in [2.45, 2.75) is 45.4 Å². The van der Waals surface area contributed by atoms with Gasteiger partial charge in [0.1, 0.15) is 0 Å². The maximum atomic E-state index is 12.6. The molecular formula is C21H30N4O2. The van der Waals surface area contributed by atoms with E-state index in [-0.39, 0.29) is 12.0 Å². The topological polar surface area (TPSA) is 73.4 Å². The highest BCUT2D eigenvalue weighted by molar-refractivity contribution is 5.82. The summed E-state index contributed by atoms with van der Waals surface area (Å²) in [5.41, 5.74) is 8.24. The van der Waals surface area contributed by atoms with Gasteiger partial charge in [-0.1, -0.05) is 44.2 Å². The molecule has 2 heterocycles. The van der Waals surface area contributed by atoms with Crippen molar-refractivity contribution in [1.82, 2.24) is 14.5 Å². The molecule has 1 aliphatic rings. The average Bonchev–Trinajstić information content (AvgIpc) is 3.30. The summed E-state index contributed by atoms with van der Waals surface area (Å²) in [6, 6.07) is 9.66. The van der Waals surface area contributed by atoms with Crippen LogP contribution < -0.4 is 5.73 Å². The Balaban J connectivity index is 1.49. The quantitative estimate of drug-likeness (QED) is 0.772. The van der Waals surface area contributed by atoms with Crippen molar-refractivity contribution in [3.05, 3.63) is 54.1 Å². The van der Waals surface area contributed by atoms with Crippen LogP contribution in [0.3, 0.4) is 0 Å². The van der Waals surface area contributed by atoms with Gasteiger partial charge in [0.2, 0.25) is 5.91 Å². The number of nitrogens with zero attached hydrogens (tertiary/aromatic N) is 3. The Bertz CT molecular complexity index is 729. The Labute approximate surface area is 161 Å². The number of hydrogen-bond donors (Lipinski definition) is 1. The largest absolute Gasteiger partial charge is 0.376 e. The third-order valence-electron chi connectivity index (χ3n) is 4.76. The van der Waals surface area contributed by atoms with Crippen molar-refractivity contribution in [2.75, 3.05) is 19.7 Å². The van der Waals surface area contributed by atoms with E-state index in [4.69, 9.17) is 10.5 Å². The van der Waals surface area contributed by atoms with Crippen molar-refractivity contribution in [2.24, 2.45) is 11.7 Å². The van der Waals surface area contributed by atoms with E-state index < -0.39 is 6.04 Å². The molecule has 1 amide bonds. The molecule has 1 saturated heterocycles. The molecule has 3 rings (SSSR count). The first-order valence-corrected chi connectivity index (χ1v) is 9.72. The molecule has 1 aromatic heterocycles. The number of imidazole rings is 1. The van der Waals surface area contributed by atoms with Gasteiger partial charge in [0.05, 0.1) is 24.2 Å². The van der Waals surface area contributed by atoms with Crippen LogP contribution in [0.5, 0.6) is 0 Å². The van der Waals surface area contributed by atoms with Crippen molar-refractivity contribution >= 4 is 5.91 Å². The first-order chi connectivity index (χ1) is 13.0. The van der Waals surface area contributed by atoms with Crippen LogP contribution in [0, 0.1) is 5.92 Å². The summed E-state index contributed by atoms with van der Waals surface area (Å²) < 4.78 is 7.87. The zero-order valence-electron chi connectivity index (χ0n) is 16.3. The van der Waals surface area contributed by atoms with E-state index in [0.717, 1.165) is 31.8 Å². The molecule has 1 unspecified atom stereocenters. The van der Waals surface area contributed by atoms with Crippen LogP contribution in [0.25, 0.3) is 0 Å². The van der Waals surface area contributed by atoms with E-state index in [1.165, 1.54) is 5.56 Å². The van der Waals surface area contributed by atoms with Crippen LogP contribution in [-0.4, -0.2) is 52.2 Å². The molecule has 0 saturated carbocycles. The normalized spacial score (nSPS) is 18.2. The summed E-state index contributed by atoms with van der Waals surface area (Å²) in [6.45, 7) is 7.12. The lowest BCUT2D eigenvalue weighted by atomic mass is 10.1. The Morgan fingerprint density at radius 3 is 2.85 bits per heavy atom. The number of ether oxygens (including phenoxy) is 1. The van der Waals surface area contributed by atoms with Crippen molar-refractivity contribution in [3.63, 3.8) is 0 Å². The lowest BCUT2D eigenvalue weighted by Gasteiger charge is -2.20. The molecule has 146 valence electrons. The van der Waals surface area contributed by atoms with E-state index in [1.807, 2.05) is 33.9 Å². The molecule has 0 bridgehead atoms. The summed E-state index contributed by atoms with van der Waals surface area (Å²) in [6.07, 6.45) is 5.24. The number of likely N-dealkylation sites (tertiary alicyclic amines) is 1. The van der Waals surface area contributed by atoms with E-state index in [0.29, 0.717) is 18.9 Å². The van der Waals surface area contributed by atoms with Gasteiger partial charge in [-0.25, -0.2) is 4.98 Å². The molecule has 2 aromatic rings. The minimum absolute atomic E-state index is 0.0109. The summed E-state index contributed by atoms with van der Waals surface area (Å²) in [7, 11) is 0. The minimum atomic E-state index is -0.561. The Morgan fingerprint density at radius 1 is 1.33 bits per heavy atom. The molecule has 27 heavy (non-hydrogen) atoms. The maximum Gasteiger partial charge on any atom is 0.239 e. The van der Waals surface area contributed by atoms with Crippen molar-refractivity contribution < 1.29 is 9.53 Å². The Hall–Kier alpha value is -2.18. The van der Waals surface area contributed by atoms with Gasteiger partial charge < -0.3 is 19.9 Å². The molecule has 1 aliphatic heterocycles. The van der Waals surface area contributed by atoms with Gasteiger partial charge in [0, 0.05) is 38.9 Å². The van der Waals surface area contributed by atoms with Gasteiger partial charge in [0.15, 0.2) is 0 Å². The molecule has 1 aromatic carbocycles. The lowest BCUT2D eigenvalue weighted by molar-refractivity contribution is -0.132. The highest BCUT2D eigenvalue weighted by atomic mass is 16.5. The summed E-state index contributed by atoms with van der Waals surface area (Å²) >= 11 is 0. The van der Waals surface area contributed by atoms with E-state index in [1.54, 1.807) is 6.33 Å². The Kier molecular flexibility index (Phi) is 6.63. The fourth-order valence-corrected chi connectivity index (χ4v) is 3.33. The van der Waals surface area contributed by atoms with Crippen molar-refractivity contribution in [1.29, 1.82) is 0 Å². The molecular weight excluding hydrogens is 340 g/mol. The first kappa shape index (κ1) is 19.6. The van der Waals surface area contributed by atoms with Crippen molar-refractivity contribution in [3.8, 4) is 0 Å². The summed E-state index contributed by atoms with van der Waals surface area (Å²) in [5.74, 6) is 0.492.